The van der Waals surface area contributed by atoms with Crippen LogP contribution in [0.5, 0.6) is 0 Å². The maximum Gasteiger partial charge on any atom is 0.263 e. The van der Waals surface area contributed by atoms with Crippen molar-refractivity contribution < 1.29 is 4.79 Å². The quantitative estimate of drug-likeness (QED) is 0.885. The van der Waals surface area contributed by atoms with Gasteiger partial charge in [0, 0.05) is 18.8 Å². The van der Waals surface area contributed by atoms with Gasteiger partial charge in [0.15, 0.2) is 0 Å². The number of nitrogens with one attached hydrogen (secondary N) is 1. The summed E-state index contributed by atoms with van der Waals surface area (Å²) >= 11 is 0. The summed E-state index contributed by atoms with van der Waals surface area (Å²) in [5.74, 6) is 0.251. The summed E-state index contributed by atoms with van der Waals surface area (Å²) < 4.78 is 1.82. The van der Waals surface area contributed by atoms with Gasteiger partial charge < -0.3 is 9.88 Å². The molecule has 4 heteroatoms. The summed E-state index contributed by atoms with van der Waals surface area (Å²) in [6.07, 6.45) is 6.14. The number of amides is 1. The average Bonchev–Trinajstić information content (AvgIpc) is 2.68. The highest BCUT2D eigenvalue weighted by Crippen LogP contribution is 2.25. The van der Waals surface area contributed by atoms with Crippen LogP contribution in [-0.4, -0.2) is 10.5 Å². The first-order chi connectivity index (χ1) is 12.6. The van der Waals surface area contributed by atoms with Crippen molar-refractivity contribution in [3.8, 4) is 0 Å². The predicted octanol–water partition coefficient (Wildman–Crippen LogP) is 3.98. The summed E-state index contributed by atoms with van der Waals surface area (Å²) in [5.41, 5.74) is 3.07. The molecule has 1 heterocycles. The highest BCUT2D eigenvalue weighted by molar-refractivity contribution is 5.94. The topological polar surface area (TPSA) is 51.1 Å². The van der Waals surface area contributed by atoms with Crippen LogP contribution in [0, 0.1) is 19.8 Å². The first-order valence-electron chi connectivity index (χ1n) is 9.59. The smallest absolute Gasteiger partial charge is 0.263 e. The van der Waals surface area contributed by atoms with Crippen molar-refractivity contribution in [2.45, 2.75) is 59.0 Å². The number of carbonyl (C=O) groups excluding carboxylic acids is 1. The number of aromatic nitrogens is 1. The Morgan fingerprint density at radius 2 is 1.81 bits per heavy atom. The van der Waals surface area contributed by atoms with Crippen LogP contribution < -0.4 is 10.9 Å². The number of carbonyl (C=O) groups is 1. The van der Waals surface area contributed by atoms with Crippen molar-refractivity contribution in [1.82, 2.24) is 9.88 Å². The molecule has 1 aromatic heterocycles. The van der Waals surface area contributed by atoms with Gasteiger partial charge in [0.1, 0.15) is 5.56 Å². The van der Waals surface area contributed by atoms with Crippen molar-refractivity contribution in [3.63, 3.8) is 0 Å². The zero-order chi connectivity index (χ0) is 18.5. The first-order valence-corrected chi connectivity index (χ1v) is 9.59. The van der Waals surface area contributed by atoms with Gasteiger partial charge >= 0.3 is 0 Å². The van der Waals surface area contributed by atoms with Gasteiger partial charge in [-0.15, -0.1) is 0 Å². The van der Waals surface area contributed by atoms with E-state index in [0.29, 0.717) is 12.5 Å². The molecule has 1 aliphatic carbocycles. The van der Waals surface area contributed by atoms with Crippen molar-refractivity contribution >= 4 is 5.91 Å². The molecule has 138 valence electrons. The lowest BCUT2D eigenvalue weighted by Crippen LogP contribution is -2.35. The lowest BCUT2D eigenvalue weighted by Gasteiger charge is -2.24. The van der Waals surface area contributed by atoms with E-state index in [-0.39, 0.29) is 17.0 Å². The minimum absolute atomic E-state index is 0.163. The summed E-state index contributed by atoms with van der Waals surface area (Å²) in [5, 5.41) is 2.88. The van der Waals surface area contributed by atoms with Crippen LogP contribution in [0.1, 0.15) is 59.3 Å². The number of hydrogen-bond donors (Lipinski definition) is 1. The fraction of sp³-hybridized carbons (Fsp3) is 0.455. The van der Waals surface area contributed by atoms with Crippen LogP contribution >= 0.6 is 0 Å². The second-order valence-corrected chi connectivity index (χ2v) is 7.41. The van der Waals surface area contributed by atoms with Crippen molar-refractivity contribution in [1.29, 1.82) is 0 Å². The van der Waals surface area contributed by atoms with E-state index < -0.39 is 0 Å². The molecule has 1 aliphatic rings. The van der Waals surface area contributed by atoms with E-state index in [1.54, 1.807) is 6.07 Å². The van der Waals surface area contributed by atoms with Crippen LogP contribution in [0.15, 0.2) is 41.2 Å². The number of benzene rings is 1. The Morgan fingerprint density at radius 1 is 1.12 bits per heavy atom. The van der Waals surface area contributed by atoms with Gasteiger partial charge in [-0.25, -0.2) is 0 Å². The van der Waals surface area contributed by atoms with Crippen molar-refractivity contribution in [2.24, 2.45) is 5.92 Å². The monoisotopic (exact) mass is 352 g/mol. The van der Waals surface area contributed by atoms with Gasteiger partial charge in [0.25, 0.3) is 11.5 Å². The number of pyridine rings is 1. The molecule has 1 aromatic carbocycles. The van der Waals surface area contributed by atoms with Crippen LogP contribution in [0.3, 0.4) is 0 Å². The largest absolute Gasteiger partial charge is 0.348 e. The Balaban J connectivity index is 1.80. The number of rotatable bonds is 5. The van der Waals surface area contributed by atoms with E-state index in [9.17, 15) is 9.59 Å². The minimum Gasteiger partial charge on any atom is -0.348 e. The number of nitrogens with zero attached hydrogens (tertiary/aromatic N) is 1. The second-order valence-electron chi connectivity index (χ2n) is 7.41. The standard InChI is InChI=1S/C22H28N2O2/c1-16-13-20(21(25)23-14-18-9-5-3-6-10-18)22(26)24(17(16)2)15-19-11-7-4-8-12-19/h3,5-6,9-10,13,19H,4,7-8,11-12,14-15H2,1-2H3,(H,23,25). The van der Waals surface area contributed by atoms with Crippen molar-refractivity contribution in [2.75, 3.05) is 0 Å². The van der Waals surface area contributed by atoms with E-state index in [2.05, 4.69) is 5.32 Å². The summed E-state index contributed by atoms with van der Waals surface area (Å²) in [6, 6.07) is 11.5. The third kappa shape index (κ3) is 4.24. The molecule has 4 nitrogen and oxygen atoms in total. The molecule has 1 saturated carbocycles. The lowest BCUT2D eigenvalue weighted by molar-refractivity contribution is 0.0948. The van der Waals surface area contributed by atoms with E-state index >= 15 is 0 Å². The second kappa shape index (κ2) is 8.35. The Kier molecular flexibility index (Phi) is 5.92. The molecular formula is C22H28N2O2. The average molecular weight is 352 g/mol. The van der Waals surface area contributed by atoms with Crippen LogP contribution in [0.2, 0.25) is 0 Å². The fourth-order valence-corrected chi connectivity index (χ4v) is 3.78. The Bertz CT molecular complexity index is 818. The molecule has 0 bridgehead atoms. The van der Waals surface area contributed by atoms with Crippen molar-refractivity contribution in [3.05, 3.63) is 69.1 Å². The molecule has 1 fully saturated rings. The predicted molar refractivity (Wildman–Crippen MR) is 104 cm³/mol. The molecule has 0 spiro atoms. The van der Waals surface area contributed by atoms with Crippen LogP contribution in [-0.2, 0) is 13.1 Å². The lowest BCUT2D eigenvalue weighted by atomic mass is 9.89. The molecule has 26 heavy (non-hydrogen) atoms. The van der Waals surface area contributed by atoms with E-state index in [0.717, 1.165) is 23.4 Å². The van der Waals surface area contributed by atoms with Gasteiger partial charge in [-0.3, -0.25) is 9.59 Å². The Labute approximate surface area is 155 Å². The molecule has 1 amide bonds. The Hall–Kier alpha value is -2.36. The SMILES string of the molecule is Cc1cc(C(=O)NCc2ccccc2)c(=O)n(CC2CCCCC2)c1C. The summed E-state index contributed by atoms with van der Waals surface area (Å²) in [7, 11) is 0. The maximum absolute atomic E-state index is 13.0. The van der Waals surface area contributed by atoms with E-state index in [4.69, 9.17) is 0 Å². The highest BCUT2D eigenvalue weighted by atomic mass is 16.2. The first kappa shape index (κ1) is 18.4. The molecule has 2 aromatic rings. The zero-order valence-electron chi connectivity index (χ0n) is 15.8. The minimum atomic E-state index is -0.292. The van der Waals surface area contributed by atoms with Crippen LogP contribution in [0.4, 0.5) is 0 Å². The number of hydrogen-bond acceptors (Lipinski definition) is 2. The number of aryl methyl sites for hydroxylation is 1. The van der Waals surface area contributed by atoms with Gasteiger partial charge in [0.05, 0.1) is 0 Å². The normalized spacial score (nSPS) is 15.0. The molecule has 3 rings (SSSR count). The Morgan fingerprint density at radius 3 is 2.50 bits per heavy atom. The highest BCUT2D eigenvalue weighted by Gasteiger charge is 2.20. The summed E-state index contributed by atoms with van der Waals surface area (Å²) in [6.45, 7) is 5.10. The molecule has 1 N–H and O–H groups in total. The van der Waals surface area contributed by atoms with Gasteiger partial charge in [0.2, 0.25) is 0 Å². The third-order valence-corrected chi connectivity index (χ3v) is 5.52. The van der Waals surface area contributed by atoms with Gasteiger partial charge in [-0.1, -0.05) is 49.6 Å². The fourth-order valence-electron chi connectivity index (χ4n) is 3.78. The molecule has 0 saturated heterocycles. The summed E-state index contributed by atoms with van der Waals surface area (Å²) in [4.78, 5) is 25.6. The van der Waals surface area contributed by atoms with E-state index in [1.165, 1.54) is 32.1 Å². The zero-order valence-corrected chi connectivity index (χ0v) is 15.8. The van der Waals surface area contributed by atoms with Gasteiger partial charge in [-0.05, 0) is 49.8 Å². The molecule has 0 radical (unpaired) electrons. The van der Waals surface area contributed by atoms with Crippen LogP contribution in [0.25, 0.3) is 0 Å². The molecule has 0 aliphatic heterocycles. The molecular weight excluding hydrogens is 324 g/mol. The van der Waals surface area contributed by atoms with E-state index in [1.807, 2.05) is 48.7 Å². The van der Waals surface area contributed by atoms with Gasteiger partial charge in [-0.2, -0.15) is 0 Å². The third-order valence-electron chi connectivity index (χ3n) is 5.52. The molecule has 0 unspecified atom stereocenters. The molecule has 0 atom stereocenters. The maximum atomic E-state index is 13.0.